The van der Waals surface area contributed by atoms with Crippen molar-refractivity contribution in [2.45, 2.75) is 44.4 Å². The van der Waals surface area contributed by atoms with Gasteiger partial charge in [0.15, 0.2) is 0 Å². The molecular formula is C28H30N4O2SSi. The van der Waals surface area contributed by atoms with E-state index >= 15 is 0 Å². The van der Waals surface area contributed by atoms with Crippen molar-refractivity contribution in [3.8, 4) is 12.0 Å². The third-order valence-corrected chi connectivity index (χ3v) is 8.44. The van der Waals surface area contributed by atoms with Crippen LogP contribution in [0, 0.1) is 25.8 Å². The molecule has 0 N–H and O–H groups in total. The lowest BCUT2D eigenvalue weighted by Gasteiger charge is -2.20. The minimum Gasteiger partial charge on any atom is -0.200 e. The number of azide groups is 1. The fourth-order valence-corrected chi connectivity index (χ4v) is 5.51. The van der Waals surface area contributed by atoms with Crippen LogP contribution in [-0.2, 0) is 10.0 Å². The molecule has 0 fully saturated rings. The van der Waals surface area contributed by atoms with Crippen LogP contribution in [0.15, 0.2) is 82.8 Å². The van der Waals surface area contributed by atoms with E-state index in [2.05, 4.69) is 47.7 Å². The fraction of sp³-hybridized carbons (Fsp3) is 0.214. The minimum absolute atomic E-state index is 0.141. The molecule has 0 unspecified atom stereocenters. The fourth-order valence-electron chi connectivity index (χ4n) is 3.41. The number of anilines is 1. The molecule has 0 radical (unpaired) electrons. The van der Waals surface area contributed by atoms with Gasteiger partial charge in [0, 0.05) is 24.6 Å². The standard InChI is InChI=1S/C28H30N4O2SSi/c1-22-13-16-26(17-14-22)35(33,34)32(19-18-24-15-12-23(2)21-27(24)30-31-29)28-11-7-6-9-25(28)10-8-20-36(3,4)5/h6-17,21H,20H2,1-5H3/b10-8+. The van der Waals surface area contributed by atoms with E-state index in [4.69, 9.17) is 5.53 Å². The van der Waals surface area contributed by atoms with Crippen LogP contribution in [0.3, 0.4) is 0 Å². The van der Waals surface area contributed by atoms with Gasteiger partial charge < -0.3 is 0 Å². The van der Waals surface area contributed by atoms with Crippen LogP contribution in [0.5, 0.6) is 0 Å². The molecule has 0 saturated heterocycles. The van der Waals surface area contributed by atoms with Crippen molar-refractivity contribution in [1.82, 2.24) is 0 Å². The van der Waals surface area contributed by atoms with E-state index < -0.39 is 18.1 Å². The average molecular weight is 515 g/mol. The summed E-state index contributed by atoms with van der Waals surface area (Å²) in [4.78, 5) is 3.03. The van der Waals surface area contributed by atoms with E-state index in [1.54, 1.807) is 48.5 Å². The highest BCUT2D eigenvalue weighted by molar-refractivity contribution is 7.93. The summed E-state index contributed by atoms with van der Waals surface area (Å²) in [6.45, 7) is 10.6. The van der Waals surface area contributed by atoms with E-state index in [0.29, 0.717) is 16.9 Å². The second-order valence-corrected chi connectivity index (χ2v) is 17.1. The highest BCUT2D eigenvalue weighted by Gasteiger charge is 2.25. The van der Waals surface area contributed by atoms with Gasteiger partial charge >= 0.3 is 0 Å². The number of para-hydroxylation sites is 1. The van der Waals surface area contributed by atoms with E-state index in [1.807, 2.05) is 38.1 Å². The summed E-state index contributed by atoms with van der Waals surface area (Å²) in [6, 6.07) is 23.1. The van der Waals surface area contributed by atoms with Crippen LogP contribution >= 0.6 is 0 Å². The predicted octanol–water partition coefficient (Wildman–Crippen LogP) is 7.80. The smallest absolute Gasteiger partial charge is 0.200 e. The maximum absolute atomic E-state index is 13.8. The zero-order chi connectivity index (χ0) is 26.3. The van der Waals surface area contributed by atoms with Crippen molar-refractivity contribution < 1.29 is 8.42 Å². The van der Waals surface area contributed by atoms with Gasteiger partial charge in [-0.05, 0) is 67.2 Å². The first-order chi connectivity index (χ1) is 17.0. The number of allylic oxidation sites excluding steroid dienone is 1. The van der Waals surface area contributed by atoms with Crippen molar-refractivity contribution in [2.24, 2.45) is 5.11 Å². The summed E-state index contributed by atoms with van der Waals surface area (Å²) in [5.41, 5.74) is 12.8. The normalized spacial score (nSPS) is 11.5. The minimum atomic E-state index is -4.02. The van der Waals surface area contributed by atoms with Gasteiger partial charge in [-0.3, -0.25) is 0 Å². The van der Waals surface area contributed by atoms with Gasteiger partial charge in [0.05, 0.1) is 16.3 Å². The zero-order valence-electron chi connectivity index (χ0n) is 21.2. The predicted molar refractivity (Wildman–Crippen MR) is 151 cm³/mol. The summed E-state index contributed by atoms with van der Waals surface area (Å²) in [6.07, 6.45) is 4.07. The maximum atomic E-state index is 13.8. The Morgan fingerprint density at radius 1 is 1.00 bits per heavy atom. The monoisotopic (exact) mass is 514 g/mol. The first-order valence-corrected chi connectivity index (χ1v) is 16.7. The lowest BCUT2D eigenvalue weighted by molar-refractivity contribution is 0.596. The molecule has 3 rings (SSSR count). The number of nitrogens with zero attached hydrogens (tertiary/aromatic N) is 4. The second kappa shape index (κ2) is 11.3. The van der Waals surface area contributed by atoms with E-state index in [1.165, 1.54) is 0 Å². The summed E-state index contributed by atoms with van der Waals surface area (Å²) in [5.74, 6) is 2.93. The highest BCUT2D eigenvalue weighted by atomic mass is 32.2. The van der Waals surface area contributed by atoms with Crippen LogP contribution in [0.25, 0.3) is 16.5 Å². The van der Waals surface area contributed by atoms with Crippen molar-refractivity contribution in [1.29, 1.82) is 0 Å². The molecule has 0 bridgehead atoms. The van der Waals surface area contributed by atoms with Gasteiger partial charge in [-0.25, -0.2) is 8.42 Å². The Hall–Kier alpha value is -3.76. The van der Waals surface area contributed by atoms with Gasteiger partial charge in [0.1, 0.15) is 0 Å². The number of sulfonamides is 1. The molecule has 0 aromatic heterocycles. The van der Waals surface area contributed by atoms with Crippen molar-refractivity contribution in [3.63, 3.8) is 0 Å². The number of rotatable bonds is 7. The van der Waals surface area contributed by atoms with Crippen LogP contribution in [-0.4, -0.2) is 16.5 Å². The molecule has 0 saturated carbocycles. The van der Waals surface area contributed by atoms with E-state index in [-0.39, 0.29) is 4.90 Å². The molecule has 184 valence electrons. The van der Waals surface area contributed by atoms with Crippen molar-refractivity contribution in [3.05, 3.63) is 106 Å². The lowest BCUT2D eigenvalue weighted by atomic mass is 10.1. The first-order valence-electron chi connectivity index (χ1n) is 11.6. The van der Waals surface area contributed by atoms with Gasteiger partial charge in [0.2, 0.25) is 0 Å². The van der Waals surface area contributed by atoms with Gasteiger partial charge in [0.25, 0.3) is 10.0 Å². The number of benzene rings is 3. The Morgan fingerprint density at radius 2 is 1.67 bits per heavy atom. The number of aryl methyl sites for hydroxylation is 2. The van der Waals surface area contributed by atoms with E-state index in [9.17, 15) is 8.42 Å². The molecule has 3 aromatic carbocycles. The van der Waals surface area contributed by atoms with Crippen LogP contribution in [0.4, 0.5) is 11.4 Å². The molecule has 3 aromatic rings. The Kier molecular flexibility index (Phi) is 8.44. The summed E-state index contributed by atoms with van der Waals surface area (Å²) >= 11 is 0. The Balaban J connectivity index is 2.20. The summed E-state index contributed by atoms with van der Waals surface area (Å²) < 4.78 is 28.8. The molecule has 8 heteroatoms. The molecule has 0 amide bonds. The molecule has 6 nitrogen and oxygen atoms in total. The van der Waals surface area contributed by atoms with E-state index in [0.717, 1.165) is 27.0 Å². The molecule has 0 aliphatic carbocycles. The highest BCUT2D eigenvalue weighted by Crippen LogP contribution is 2.29. The van der Waals surface area contributed by atoms with Crippen LogP contribution in [0.1, 0.15) is 22.3 Å². The molecule has 0 atom stereocenters. The third-order valence-electron chi connectivity index (χ3n) is 5.34. The second-order valence-electron chi connectivity index (χ2n) is 9.76. The Bertz CT molecular complexity index is 1490. The van der Waals surface area contributed by atoms with Crippen molar-refractivity contribution in [2.75, 3.05) is 4.31 Å². The molecule has 36 heavy (non-hydrogen) atoms. The third kappa shape index (κ3) is 6.89. The quantitative estimate of drug-likeness (QED) is 0.0804. The molecule has 0 aliphatic rings. The Morgan fingerprint density at radius 3 is 2.33 bits per heavy atom. The average Bonchev–Trinajstić information content (AvgIpc) is 2.81. The largest absolute Gasteiger partial charge is 0.275 e. The molecule has 0 spiro atoms. The SMILES string of the molecule is Cc1ccc(S(=O)(=O)N(C#Cc2ccc(C)cc2N=[N+]=[N-])c2ccccc2/C=C/C[Si](C)(C)C)cc1. The van der Waals surface area contributed by atoms with Gasteiger partial charge in [-0.15, -0.1) is 0 Å². The number of hydrogen-bond donors (Lipinski definition) is 0. The number of hydrogen-bond acceptors (Lipinski definition) is 3. The topological polar surface area (TPSA) is 86.1 Å². The zero-order valence-corrected chi connectivity index (χ0v) is 23.0. The van der Waals surface area contributed by atoms with Crippen LogP contribution in [0.2, 0.25) is 25.7 Å². The van der Waals surface area contributed by atoms with Crippen LogP contribution < -0.4 is 4.31 Å². The van der Waals surface area contributed by atoms with Crippen molar-refractivity contribution >= 4 is 35.5 Å². The molecular weight excluding hydrogens is 484 g/mol. The molecule has 0 aliphatic heterocycles. The lowest BCUT2D eigenvalue weighted by Crippen LogP contribution is -2.27. The Labute approximate surface area is 215 Å². The maximum Gasteiger partial charge on any atom is 0.275 e. The van der Waals surface area contributed by atoms with Gasteiger partial charge in [-0.1, -0.05) is 84.4 Å². The first kappa shape index (κ1) is 26.8. The summed E-state index contributed by atoms with van der Waals surface area (Å²) in [7, 11) is -5.33. The van der Waals surface area contributed by atoms with Gasteiger partial charge in [-0.2, -0.15) is 4.31 Å². The molecule has 0 heterocycles. The summed E-state index contributed by atoms with van der Waals surface area (Å²) in [5, 5.41) is 3.73.